The maximum absolute atomic E-state index is 4.38. The van der Waals surface area contributed by atoms with Crippen molar-refractivity contribution >= 4 is 16.5 Å². The van der Waals surface area contributed by atoms with Gasteiger partial charge in [-0.25, -0.2) is 4.98 Å². The van der Waals surface area contributed by atoms with Crippen molar-refractivity contribution in [3.8, 4) is 0 Å². The predicted octanol–water partition coefficient (Wildman–Crippen LogP) is 2.69. The molecule has 1 aromatic rings. The van der Waals surface area contributed by atoms with E-state index in [1.54, 1.807) is 11.3 Å². The molecule has 0 amide bonds. The number of thiazole rings is 1. The van der Waals surface area contributed by atoms with Gasteiger partial charge in [-0.2, -0.15) is 0 Å². The van der Waals surface area contributed by atoms with Crippen molar-refractivity contribution in [1.29, 1.82) is 0 Å². The molecule has 1 heterocycles. The number of anilines is 1. The summed E-state index contributed by atoms with van der Waals surface area (Å²) in [5.41, 5.74) is 2.28. The largest absolute Gasteiger partial charge is 0.332 e. The second-order valence-corrected chi connectivity index (χ2v) is 5.14. The summed E-state index contributed by atoms with van der Waals surface area (Å²) in [6.45, 7) is 4.19. The van der Waals surface area contributed by atoms with Crippen LogP contribution in [0.5, 0.6) is 0 Å². The smallest absolute Gasteiger partial charge is 0.187 e. The second-order valence-electron chi connectivity index (χ2n) is 4.28. The predicted molar refractivity (Wildman–Crippen MR) is 69.8 cm³/mol. The number of rotatable bonds is 3. The van der Waals surface area contributed by atoms with Gasteiger partial charge in [-0.05, 0) is 33.4 Å². The first-order chi connectivity index (χ1) is 7.61. The van der Waals surface area contributed by atoms with Crippen molar-refractivity contribution in [2.75, 3.05) is 12.4 Å². The highest BCUT2D eigenvalue weighted by Crippen LogP contribution is 2.23. The number of hydrogen-bond acceptors (Lipinski definition) is 4. The molecule has 0 spiro atoms. The van der Waals surface area contributed by atoms with Crippen LogP contribution >= 0.6 is 11.3 Å². The van der Waals surface area contributed by atoms with E-state index in [-0.39, 0.29) is 5.54 Å². The lowest BCUT2D eigenvalue weighted by molar-refractivity contribution is 0.480. The van der Waals surface area contributed by atoms with Crippen LogP contribution in [0.1, 0.15) is 19.0 Å². The molecule has 1 atom stereocenters. The summed E-state index contributed by atoms with van der Waals surface area (Å²) in [7, 11) is 1.99. The molecule has 0 radical (unpaired) electrons. The molecule has 0 bridgehead atoms. The normalized spacial score (nSPS) is 24.3. The van der Waals surface area contributed by atoms with Crippen molar-refractivity contribution in [3.05, 3.63) is 35.0 Å². The molecule has 1 aliphatic rings. The Hall–Kier alpha value is -1.13. The van der Waals surface area contributed by atoms with Crippen molar-refractivity contribution in [2.24, 2.45) is 0 Å². The highest BCUT2D eigenvalue weighted by Gasteiger charge is 2.19. The van der Waals surface area contributed by atoms with Crippen LogP contribution < -0.4 is 10.6 Å². The Labute approximate surface area is 100 Å². The zero-order chi connectivity index (χ0) is 11.6. The molecule has 0 saturated heterocycles. The van der Waals surface area contributed by atoms with E-state index in [4.69, 9.17) is 0 Å². The van der Waals surface area contributed by atoms with Crippen LogP contribution in [0.25, 0.3) is 0 Å². The Morgan fingerprint density at radius 3 is 2.81 bits per heavy atom. The molecular formula is C12H17N3S. The first-order valence-electron chi connectivity index (χ1n) is 5.39. The topological polar surface area (TPSA) is 37.0 Å². The van der Waals surface area contributed by atoms with Crippen LogP contribution in [-0.2, 0) is 0 Å². The molecule has 0 saturated carbocycles. The molecule has 0 aromatic carbocycles. The van der Waals surface area contributed by atoms with Gasteiger partial charge < -0.3 is 10.6 Å². The van der Waals surface area contributed by atoms with Crippen molar-refractivity contribution < 1.29 is 0 Å². The Kier molecular flexibility index (Phi) is 3.12. The van der Waals surface area contributed by atoms with E-state index in [2.05, 4.69) is 40.8 Å². The summed E-state index contributed by atoms with van der Waals surface area (Å²) in [5, 5.41) is 9.62. The Bertz CT molecular complexity index is 433. The fraction of sp³-hybridized carbons (Fsp3) is 0.417. The summed E-state index contributed by atoms with van der Waals surface area (Å²) in [4.78, 5) is 4.38. The van der Waals surface area contributed by atoms with Crippen molar-refractivity contribution in [2.45, 2.75) is 25.8 Å². The van der Waals surface area contributed by atoms with E-state index in [0.29, 0.717) is 0 Å². The number of allylic oxidation sites excluding steroid dienone is 1. The quantitative estimate of drug-likeness (QED) is 0.845. The van der Waals surface area contributed by atoms with E-state index in [1.165, 1.54) is 0 Å². The minimum absolute atomic E-state index is 0.0873. The van der Waals surface area contributed by atoms with Gasteiger partial charge in [0.1, 0.15) is 0 Å². The van der Waals surface area contributed by atoms with Gasteiger partial charge in [0.25, 0.3) is 0 Å². The van der Waals surface area contributed by atoms with E-state index < -0.39 is 0 Å². The molecule has 2 N–H and O–H groups in total. The average Bonchev–Trinajstić information content (AvgIpc) is 2.68. The third-order valence-electron chi connectivity index (χ3n) is 2.82. The summed E-state index contributed by atoms with van der Waals surface area (Å²) in [5.74, 6) is 0. The fourth-order valence-electron chi connectivity index (χ4n) is 1.54. The van der Waals surface area contributed by atoms with Crippen LogP contribution in [0.15, 0.2) is 29.3 Å². The lowest BCUT2D eigenvalue weighted by Crippen LogP contribution is -2.38. The third-order valence-corrected chi connectivity index (χ3v) is 3.69. The molecular weight excluding hydrogens is 218 g/mol. The maximum Gasteiger partial charge on any atom is 0.187 e. The van der Waals surface area contributed by atoms with E-state index in [1.807, 2.05) is 19.4 Å². The van der Waals surface area contributed by atoms with Crippen LogP contribution in [-0.4, -0.2) is 17.6 Å². The summed E-state index contributed by atoms with van der Waals surface area (Å²) >= 11 is 1.64. The van der Waals surface area contributed by atoms with Gasteiger partial charge in [-0.15, -0.1) is 11.3 Å². The zero-order valence-electron chi connectivity index (χ0n) is 9.87. The molecule has 0 fully saturated rings. The number of aromatic nitrogens is 1. The Balaban J connectivity index is 2.02. The first-order valence-corrected chi connectivity index (χ1v) is 6.27. The lowest BCUT2D eigenvalue weighted by Gasteiger charge is -2.27. The van der Waals surface area contributed by atoms with Gasteiger partial charge in [0.05, 0.1) is 5.69 Å². The highest BCUT2D eigenvalue weighted by atomic mass is 32.1. The highest BCUT2D eigenvalue weighted by molar-refractivity contribution is 7.13. The van der Waals surface area contributed by atoms with E-state index in [9.17, 15) is 0 Å². The number of nitrogens with one attached hydrogen (secondary N) is 2. The molecule has 4 heteroatoms. The number of likely N-dealkylation sites (N-methyl/N-ethyl adjacent to an activating group) is 1. The Morgan fingerprint density at radius 2 is 2.31 bits per heavy atom. The number of nitrogens with zero attached hydrogens (tertiary/aromatic N) is 1. The van der Waals surface area contributed by atoms with Crippen LogP contribution in [0.2, 0.25) is 0 Å². The van der Waals surface area contributed by atoms with Gasteiger partial charge in [-0.1, -0.05) is 12.2 Å². The molecule has 2 rings (SSSR count). The molecule has 1 unspecified atom stereocenters. The summed E-state index contributed by atoms with van der Waals surface area (Å²) in [6, 6.07) is 0. The molecule has 0 aliphatic heterocycles. The Morgan fingerprint density at radius 1 is 1.50 bits per heavy atom. The van der Waals surface area contributed by atoms with Crippen molar-refractivity contribution in [3.63, 3.8) is 0 Å². The molecule has 3 nitrogen and oxygen atoms in total. The monoisotopic (exact) mass is 235 g/mol. The number of aryl methyl sites for hydroxylation is 1. The van der Waals surface area contributed by atoms with E-state index >= 15 is 0 Å². The standard InChI is InChI=1S/C12H17N3S/c1-9-8-16-11(14-9)15-10-4-6-12(2,13-3)7-5-10/h4-6,8,13H,7H2,1-3H3,(H,14,15). The minimum atomic E-state index is 0.0873. The van der Waals surface area contributed by atoms with Gasteiger partial charge in [0.15, 0.2) is 5.13 Å². The maximum atomic E-state index is 4.38. The minimum Gasteiger partial charge on any atom is -0.332 e. The molecule has 86 valence electrons. The SMILES string of the molecule is CNC1(C)C=CC(Nc2nc(C)cs2)=CC1. The van der Waals surface area contributed by atoms with Crippen LogP contribution in [0.3, 0.4) is 0 Å². The van der Waals surface area contributed by atoms with E-state index in [0.717, 1.165) is 22.9 Å². The second kappa shape index (κ2) is 4.39. The zero-order valence-corrected chi connectivity index (χ0v) is 10.7. The molecule has 16 heavy (non-hydrogen) atoms. The molecule has 1 aromatic heterocycles. The average molecular weight is 235 g/mol. The van der Waals surface area contributed by atoms with Gasteiger partial charge in [0.2, 0.25) is 0 Å². The van der Waals surface area contributed by atoms with Crippen LogP contribution in [0, 0.1) is 6.92 Å². The van der Waals surface area contributed by atoms with Crippen LogP contribution in [0.4, 0.5) is 5.13 Å². The third kappa shape index (κ3) is 2.51. The van der Waals surface area contributed by atoms with Crippen molar-refractivity contribution in [1.82, 2.24) is 10.3 Å². The first kappa shape index (κ1) is 11.4. The summed E-state index contributed by atoms with van der Waals surface area (Å²) in [6.07, 6.45) is 7.49. The number of hydrogen-bond donors (Lipinski definition) is 2. The van der Waals surface area contributed by atoms with Gasteiger partial charge >= 0.3 is 0 Å². The lowest BCUT2D eigenvalue weighted by atomic mass is 9.93. The van der Waals surface area contributed by atoms with Gasteiger partial charge in [-0.3, -0.25) is 0 Å². The fourth-order valence-corrected chi connectivity index (χ4v) is 2.25. The summed E-state index contributed by atoms with van der Waals surface area (Å²) < 4.78 is 0. The molecule has 1 aliphatic carbocycles. The van der Waals surface area contributed by atoms with Gasteiger partial charge in [0, 0.05) is 16.6 Å².